The van der Waals surface area contributed by atoms with Crippen molar-refractivity contribution < 1.29 is 14.3 Å². The number of hydrogen-bond acceptors (Lipinski definition) is 5. The van der Waals surface area contributed by atoms with Crippen molar-refractivity contribution in [2.45, 2.75) is 25.4 Å². The Morgan fingerprint density at radius 2 is 1.93 bits per heavy atom. The highest BCUT2D eigenvalue weighted by Gasteiger charge is 2.36. The molecule has 0 radical (unpaired) electrons. The number of rotatable bonds is 5. The molecule has 0 bridgehead atoms. The van der Waals surface area contributed by atoms with Gasteiger partial charge in [0.1, 0.15) is 0 Å². The molecule has 0 saturated carbocycles. The number of carbonyl (C=O) groups is 2. The Morgan fingerprint density at radius 3 is 2.61 bits per heavy atom. The zero-order chi connectivity index (χ0) is 19.5. The number of piperazine rings is 1. The van der Waals surface area contributed by atoms with Gasteiger partial charge in [-0.25, -0.2) is 0 Å². The molecule has 1 aromatic carbocycles. The van der Waals surface area contributed by atoms with Crippen LogP contribution in [-0.2, 0) is 14.3 Å². The third-order valence-electron chi connectivity index (χ3n) is 6.04. The van der Waals surface area contributed by atoms with Gasteiger partial charge >= 0.3 is 0 Å². The molecule has 7 nitrogen and oxygen atoms in total. The van der Waals surface area contributed by atoms with E-state index in [0.29, 0.717) is 13.1 Å². The van der Waals surface area contributed by atoms with Gasteiger partial charge in [-0.3, -0.25) is 9.59 Å². The van der Waals surface area contributed by atoms with E-state index in [1.54, 1.807) is 4.90 Å². The smallest absolute Gasteiger partial charge is 0.229 e. The molecule has 0 spiro atoms. The fraction of sp³-hybridized carbons (Fsp3) is 0.619. The molecule has 3 aliphatic rings. The lowest BCUT2D eigenvalue weighted by atomic mass is 10.1. The van der Waals surface area contributed by atoms with Gasteiger partial charge in [0.15, 0.2) is 0 Å². The summed E-state index contributed by atoms with van der Waals surface area (Å²) in [5.74, 6) is -0.303. The number of amides is 2. The van der Waals surface area contributed by atoms with Crippen molar-refractivity contribution in [3.63, 3.8) is 0 Å². The summed E-state index contributed by atoms with van der Waals surface area (Å²) in [6, 6.07) is 8.02. The van der Waals surface area contributed by atoms with Crippen LogP contribution >= 0.6 is 0 Å². The van der Waals surface area contributed by atoms with Gasteiger partial charge in [0, 0.05) is 63.7 Å². The molecule has 3 aliphatic heterocycles. The second-order valence-corrected chi connectivity index (χ2v) is 8.16. The summed E-state index contributed by atoms with van der Waals surface area (Å²) in [7, 11) is 2.14. The largest absolute Gasteiger partial charge is 0.376 e. The number of nitrogens with zero attached hydrogens (tertiary/aromatic N) is 3. The fourth-order valence-corrected chi connectivity index (χ4v) is 4.22. The quantitative estimate of drug-likeness (QED) is 0.829. The van der Waals surface area contributed by atoms with Gasteiger partial charge in [-0.2, -0.15) is 0 Å². The molecule has 0 aliphatic carbocycles. The van der Waals surface area contributed by atoms with Crippen LogP contribution in [0.3, 0.4) is 0 Å². The molecular formula is C21H30N4O3. The standard InChI is InChI=1S/C21H30N4O3/c1-23-8-10-24(11-9-23)18-6-4-17(5-7-18)22-21(27)16-13-20(26)25(14-16)15-19-3-2-12-28-19/h4-7,16,19H,2-3,8-15H2,1H3,(H,22,27). The van der Waals surface area contributed by atoms with E-state index in [4.69, 9.17) is 4.74 Å². The van der Waals surface area contributed by atoms with Crippen LogP contribution < -0.4 is 10.2 Å². The van der Waals surface area contributed by atoms with Crippen molar-refractivity contribution in [1.82, 2.24) is 9.80 Å². The Balaban J connectivity index is 1.29. The van der Waals surface area contributed by atoms with Crippen molar-refractivity contribution in [1.29, 1.82) is 0 Å². The Labute approximate surface area is 166 Å². The molecule has 2 atom stereocenters. The number of benzene rings is 1. The zero-order valence-electron chi connectivity index (χ0n) is 16.6. The molecule has 2 unspecified atom stereocenters. The number of carbonyl (C=O) groups excluding carboxylic acids is 2. The van der Waals surface area contributed by atoms with E-state index in [2.05, 4.69) is 34.3 Å². The molecule has 1 N–H and O–H groups in total. The zero-order valence-corrected chi connectivity index (χ0v) is 16.6. The van der Waals surface area contributed by atoms with Gasteiger partial charge in [-0.15, -0.1) is 0 Å². The predicted molar refractivity (Wildman–Crippen MR) is 108 cm³/mol. The number of ether oxygens (including phenoxy) is 1. The van der Waals surface area contributed by atoms with Crippen LogP contribution in [0.4, 0.5) is 11.4 Å². The lowest BCUT2D eigenvalue weighted by Crippen LogP contribution is -2.44. The molecule has 3 fully saturated rings. The summed E-state index contributed by atoms with van der Waals surface area (Å²) < 4.78 is 5.62. The van der Waals surface area contributed by atoms with Crippen molar-refractivity contribution >= 4 is 23.2 Å². The molecule has 1 aromatic rings. The van der Waals surface area contributed by atoms with E-state index in [0.717, 1.165) is 51.3 Å². The summed E-state index contributed by atoms with van der Waals surface area (Å²) >= 11 is 0. The van der Waals surface area contributed by atoms with Gasteiger partial charge in [0.05, 0.1) is 12.0 Å². The Kier molecular flexibility index (Phi) is 5.82. The van der Waals surface area contributed by atoms with Crippen LogP contribution in [0.5, 0.6) is 0 Å². The summed E-state index contributed by atoms with van der Waals surface area (Å²) in [5, 5.41) is 2.98. The molecular weight excluding hydrogens is 356 g/mol. The summed E-state index contributed by atoms with van der Waals surface area (Å²) in [4.78, 5) is 31.4. The molecule has 152 valence electrons. The lowest BCUT2D eigenvalue weighted by Gasteiger charge is -2.34. The summed E-state index contributed by atoms with van der Waals surface area (Å²) in [5.41, 5.74) is 1.97. The third-order valence-corrected chi connectivity index (χ3v) is 6.04. The fourth-order valence-electron chi connectivity index (χ4n) is 4.22. The van der Waals surface area contributed by atoms with Crippen LogP contribution in [0, 0.1) is 5.92 Å². The minimum absolute atomic E-state index is 0.0565. The van der Waals surface area contributed by atoms with E-state index in [9.17, 15) is 9.59 Å². The average Bonchev–Trinajstić information content (AvgIpc) is 3.34. The molecule has 28 heavy (non-hydrogen) atoms. The first-order chi connectivity index (χ1) is 13.6. The van der Waals surface area contributed by atoms with Crippen LogP contribution in [0.1, 0.15) is 19.3 Å². The molecule has 3 heterocycles. The highest BCUT2D eigenvalue weighted by atomic mass is 16.5. The van der Waals surface area contributed by atoms with E-state index in [1.165, 1.54) is 5.69 Å². The van der Waals surface area contributed by atoms with Crippen LogP contribution in [0.2, 0.25) is 0 Å². The Morgan fingerprint density at radius 1 is 1.18 bits per heavy atom. The minimum atomic E-state index is -0.286. The first-order valence-electron chi connectivity index (χ1n) is 10.3. The highest BCUT2D eigenvalue weighted by molar-refractivity contribution is 5.97. The van der Waals surface area contributed by atoms with Gasteiger partial charge in [0.25, 0.3) is 0 Å². The average molecular weight is 386 g/mol. The van der Waals surface area contributed by atoms with Gasteiger partial charge in [-0.05, 0) is 44.2 Å². The van der Waals surface area contributed by atoms with Gasteiger partial charge < -0.3 is 24.8 Å². The second kappa shape index (κ2) is 8.49. The number of likely N-dealkylation sites (tertiary alicyclic amines) is 1. The molecule has 2 amide bonds. The van der Waals surface area contributed by atoms with E-state index in [1.807, 2.05) is 12.1 Å². The molecule has 3 saturated heterocycles. The molecule has 4 rings (SSSR count). The first kappa shape index (κ1) is 19.2. The monoisotopic (exact) mass is 386 g/mol. The maximum atomic E-state index is 12.6. The maximum absolute atomic E-state index is 12.6. The minimum Gasteiger partial charge on any atom is -0.376 e. The van der Waals surface area contributed by atoms with Crippen molar-refractivity contribution in [3.05, 3.63) is 24.3 Å². The van der Waals surface area contributed by atoms with Crippen LogP contribution in [-0.4, -0.2) is 80.6 Å². The predicted octanol–water partition coefficient (Wildman–Crippen LogP) is 1.40. The van der Waals surface area contributed by atoms with Crippen molar-refractivity contribution in [3.8, 4) is 0 Å². The third kappa shape index (κ3) is 4.47. The van der Waals surface area contributed by atoms with Crippen LogP contribution in [0.15, 0.2) is 24.3 Å². The van der Waals surface area contributed by atoms with Crippen LogP contribution in [0.25, 0.3) is 0 Å². The molecule has 7 heteroatoms. The topological polar surface area (TPSA) is 65.1 Å². The van der Waals surface area contributed by atoms with E-state index < -0.39 is 0 Å². The summed E-state index contributed by atoms with van der Waals surface area (Å²) in [6.07, 6.45) is 2.48. The lowest BCUT2D eigenvalue weighted by molar-refractivity contribution is -0.129. The number of nitrogens with one attached hydrogen (secondary N) is 1. The maximum Gasteiger partial charge on any atom is 0.229 e. The first-order valence-corrected chi connectivity index (χ1v) is 10.3. The van der Waals surface area contributed by atoms with Gasteiger partial charge in [-0.1, -0.05) is 0 Å². The number of anilines is 2. The van der Waals surface area contributed by atoms with E-state index in [-0.39, 0.29) is 30.3 Å². The van der Waals surface area contributed by atoms with Crippen molar-refractivity contribution in [2.24, 2.45) is 5.92 Å². The Hall–Kier alpha value is -2.12. The molecule has 0 aromatic heterocycles. The normalized spacial score (nSPS) is 26.1. The van der Waals surface area contributed by atoms with E-state index >= 15 is 0 Å². The van der Waals surface area contributed by atoms with Gasteiger partial charge in [0.2, 0.25) is 11.8 Å². The number of hydrogen-bond donors (Lipinski definition) is 1. The highest BCUT2D eigenvalue weighted by Crippen LogP contribution is 2.24. The summed E-state index contributed by atoms with van der Waals surface area (Å²) in [6.45, 7) is 6.06. The number of likely N-dealkylation sites (N-methyl/N-ethyl adjacent to an activating group) is 1. The SMILES string of the molecule is CN1CCN(c2ccc(NC(=O)C3CC(=O)N(CC4CCCO4)C3)cc2)CC1. The van der Waals surface area contributed by atoms with Crippen molar-refractivity contribution in [2.75, 3.05) is 63.1 Å². The Bertz CT molecular complexity index is 694. The second-order valence-electron chi connectivity index (χ2n) is 8.16.